The molecule has 1 saturated carbocycles. The van der Waals surface area contributed by atoms with Gasteiger partial charge >= 0.3 is 6.03 Å². The molecule has 2 aliphatic rings. The molecule has 1 fully saturated rings. The molecule has 1 heterocycles. The van der Waals surface area contributed by atoms with Crippen LogP contribution in [-0.2, 0) is 12.8 Å². The molecule has 2 amide bonds. The van der Waals surface area contributed by atoms with E-state index in [1.807, 2.05) is 14.1 Å². The van der Waals surface area contributed by atoms with Crippen molar-refractivity contribution in [3.05, 3.63) is 45.6 Å². The lowest BCUT2D eigenvalue weighted by molar-refractivity contribution is -0.383. The summed E-state index contributed by atoms with van der Waals surface area (Å²) >= 11 is 0. The summed E-state index contributed by atoms with van der Waals surface area (Å²) in [6, 6.07) is 5.98. The first-order chi connectivity index (χ1) is 15.9. The van der Waals surface area contributed by atoms with E-state index in [0.29, 0.717) is 5.95 Å². The number of hydrogen-bond acceptors (Lipinski definition) is 7. The topological polar surface area (TPSA) is 125 Å². The first-order valence-corrected chi connectivity index (χ1v) is 11.6. The fourth-order valence-electron chi connectivity index (χ4n) is 4.66. The van der Waals surface area contributed by atoms with E-state index in [1.54, 1.807) is 12.1 Å². The van der Waals surface area contributed by atoms with Crippen LogP contribution in [0.3, 0.4) is 0 Å². The molecule has 0 spiro atoms. The Labute approximate surface area is 193 Å². The summed E-state index contributed by atoms with van der Waals surface area (Å²) in [5.74, 6) is 1.69. The number of hydrogen-bond donors (Lipinski definition) is 3. The number of carbonyl (C=O) groups is 1. The smallest absolute Gasteiger partial charge is 0.319 e. The van der Waals surface area contributed by atoms with E-state index in [2.05, 4.69) is 20.9 Å². The summed E-state index contributed by atoms with van der Waals surface area (Å²) in [5, 5.41) is 20.2. The lowest BCUT2D eigenvalue weighted by Gasteiger charge is -2.30. The molecule has 4 rings (SSSR count). The molecule has 2 aliphatic carbocycles. The van der Waals surface area contributed by atoms with E-state index in [9.17, 15) is 14.9 Å². The average Bonchev–Trinajstić information content (AvgIpc) is 2.80. The van der Waals surface area contributed by atoms with Crippen molar-refractivity contribution < 1.29 is 9.72 Å². The molecule has 0 radical (unpaired) electrons. The SMILES string of the molecule is CN(C)c1nc(N[C@H]2CC[C@@H](NC(=O)Nc3ccccc3[N+](=O)[O-])CC2)nc2c1CCCC2. The van der Waals surface area contributed by atoms with Crippen LogP contribution < -0.4 is 20.9 Å². The first-order valence-electron chi connectivity index (χ1n) is 11.6. The third-order valence-electron chi connectivity index (χ3n) is 6.33. The van der Waals surface area contributed by atoms with Gasteiger partial charge in [-0.1, -0.05) is 12.1 Å². The summed E-state index contributed by atoms with van der Waals surface area (Å²) < 4.78 is 0. The monoisotopic (exact) mass is 453 g/mol. The zero-order chi connectivity index (χ0) is 23.4. The summed E-state index contributed by atoms with van der Waals surface area (Å²) in [6.07, 6.45) is 7.78. The van der Waals surface area contributed by atoms with Crippen LogP contribution in [0.5, 0.6) is 0 Å². The molecule has 0 aliphatic heterocycles. The van der Waals surface area contributed by atoms with Crippen LogP contribution in [0.1, 0.15) is 49.8 Å². The van der Waals surface area contributed by atoms with Gasteiger partial charge in [0, 0.05) is 37.8 Å². The summed E-state index contributed by atoms with van der Waals surface area (Å²) in [7, 11) is 4.04. The van der Waals surface area contributed by atoms with Gasteiger partial charge in [-0.25, -0.2) is 9.78 Å². The van der Waals surface area contributed by atoms with Gasteiger partial charge in [0.2, 0.25) is 5.95 Å². The predicted molar refractivity (Wildman–Crippen MR) is 128 cm³/mol. The van der Waals surface area contributed by atoms with E-state index < -0.39 is 11.0 Å². The number of nitrogens with one attached hydrogen (secondary N) is 3. The molecule has 10 nitrogen and oxygen atoms in total. The number of nitro groups is 1. The number of carbonyl (C=O) groups excluding carboxylic acids is 1. The van der Waals surface area contributed by atoms with E-state index in [-0.39, 0.29) is 23.5 Å². The summed E-state index contributed by atoms with van der Waals surface area (Å²) in [4.78, 5) is 34.7. The van der Waals surface area contributed by atoms with Crippen molar-refractivity contribution in [1.82, 2.24) is 15.3 Å². The first kappa shape index (κ1) is 22.8. The molecular formula is C23H31N7O3. The number of fused-ring (bicyclic) bond motifs is 1. The third kappa shape index (κ3) is 5.50. The number of urea groups is 1. The van der Waals surface area contributed by atoms with E-state index in [4.69, 9.17) is 9.97 Å². The Morgan fingerprint density at radius 3 is 2.48 bits per heavy atom. The van der Waals surface area contributed by atoms with Crippen molar-refractivity contribution in [2.45, 2.75) is 63.5 Å². The second-order valence-corrected chi connectivity index (χ2v) is 8.96. The molecule has 0 unspecified atom stereocenters. The van der Waals surface area contributed by atoms with Crippen molar-refractivity contribution in [3.8, 4) is 0 Å². The highest BCUT2D eigenvalue weighted by atomic mass is 16.6. The Morgan fingerprint density at radius 2 is 1.76 bits per heavy atom. The van der Waals surface area contributed by atoms with Crippen molar-refractivity contribution in [3.63, 3.8) is 0 Å². The number of nitrogens with zero attached hydrogens (tertiary/aromatic N) is 4. The van der Waals surface area contributed by atoms with Gasteiger partial charge in [0.15, 0.2) is 0 Å². The van der Waals surface area contributed by atoms with Gasteiger partial charge in [0.25, 0.3) is 5.69 Å². The number of benzene rings is 1. The van der Waals surface area contributed by atoms with Crippen LogP contribution >= 0.6 is 0 Å². The van der Waals surface area contributed by atoms with Crippen LogP contribution in [0, 0.1) is 10.1 Å². The number of aryl methyl sites for hydroxylation is 1. The van der Waals surface area contributed by atoms with Gasteiger partial charge in [-0.15, -0.1) is 0 Å². The Bertz CT molecular complexity index is 1020. The Balaban J connectivity index is 1.31. The zero-order valence-corrected chi connectivity index (χ0v) is 19.1. The van der Waals surface area contributed by atoms with Gasteiger partial charge < -0.3 is 20.9 Å². The maximum Gasteiger partial charge on any atom is 0.319 e. The molecule has 10 heteroatoms. The second-order valence-electron chi connectivity index (χ2n) is 8.96. The summed E-state index contributed by atoms with van der Waals surface area (Å²) in [6.45, 7) is 0. The van der Waals surface area contributed by atoms with Crippen molar-refractivity contribution in [2.24, 2.45) is 0 Å². The van der Waals surface area contributed by atoms with Gasteiger partial charge in [-0.05, 0) is 57.4 Å². The van der Waals surface area contributed by atoms with Crippen LogP contribution in [0.25, 0.3) is 0 Å². The minimum atomic E-state index is -0.503. The fraction of sp³-hybridized carbons (Fsp3) is 0.522. The predicted octanol–water partition coefficient (Wildman–Crippen LogP) is 3.87. The normalized spacial score (nSPS) is 19.8. The second kappa shape index (κ2) is 10.0. The Hall–Kier alpha value is -3.43. The van der Waals surface area contributed by atoms with Crippen LogP contribution in [0.2, 0.25) is 0 Å². The highest BCUT2D eigenvalue weighted by molar-refractivity contribution is 5.91. The molecule has 3 N–H and O–H groups in total. The maximum absolute atomic E-state index is 12.4. The number of aromatic nitrogens is 2. The largest absolute Gasteiger partial charge is 0.362 e. The molecule has 2 aromatic rings. The standard InChI is InChI=1S/C23H31N7O3/c1-29(2)21-17-7-3-4-8-18(17)26-22(28-21)24-15-11-13-16(14-12-15)25-23(31)27-19-9-5-6-10-20(19)30(32)33/h5-6,9-10,15-16H,3-4,7-8,11-14H2,1-2H3,(H,24,26,28)(H2,25,27,31)/t15-,16+. The molecule has 1 aromatic heterocycles. The fourth-order valence-corrected chi connectivity index (χ4v) is 4.66. The number of para-hydroxylation sites is 2. The molecule has 1 aromatic carbocycles. The lowest BCUT2D eigenvalue weighted by atomic mass is 9.91. The highest BCUT2D eigenvalue weighted by Gasteiger charge is 2.25. The van der Waals surface area contributed by atoms with Gasteiger partial charge in [-0.2, -0.15) is 4.98 Å². The Kier molecular flexibility index (Phi) is 6.90. The molecule has 176 valence electrons. The van der Waals surface area contributed by atoms with Crippen LogP contribution in [0.15, 0.2) is 24.3 Å². The third-order valence-corrected chi connectivity index (χ3v) is 6.33. The molecule has 33 heavy (non-hydrogen) atoms. The van der Waals surface area contributed by atoms with Crippen molar-refractivity contribution in [1.29, 1.82) is 0 Å². The van der Waals surface area contributed by atoms with Gasteiger partial charge in [-0.3, -0.25) is 10.1 Å². The average molecular weight is 454 g/mol. The van der Waals surface area contributed by atoms with Gasteiger partial charge in [0.05, 0.1) is 10.6 Å². The number of rotatable bonds is 6. The van der Waals surface area contributed by atoms with Crippen molar-refractivity contribution >= 4 is 29.2 Å². The number of anilines is 3. The van der Waals surface area contributed by atoms with Crippen LogP contribution in [0.4, 0.5) is 27.9 Å². The van der Waals surface area contributed by atoms with E-state index in [0.717, 1.165) is 50.0 Å². The molecule has 0 saturated heterocycles. The highest BCUT2D eigenvalue weighted by Crippen LogP contribution is 2.29. The minimum Gasteiger partial charge on any atom is -0.362 e. The Morgan fingerprint density at radius 1 is 1.06 bits per heavy atom. The molecular weight excluding hydrogens is 422 g/mol. The zero-order valence-electron chi connectivity index (χ0n) is 19.1. The quantitative estimate of drug-likeness (QED) is 0.448. The van der Waals surface area contributed by atoms with E-state index >= 15 is 0 Å². The van der Waals surface area contributed by atoms with E-state index in [1.165, 1.54) is 30.5 Å². The van der Waals surface area contributed by atoms with Gasteiger partial charge in [0.1, 0.15) is 11.5 Å². The van der Waals surface area contributed by atoms with Crippen molar-refractivity contribution in [2.75, 3.05) is 29.6 Å². The maximum atomic E-state index is 12.4. The lowest BCUT2D eigenvalue weighted by Crippen LogP contribution is -2.42. The summed E-state index contributed by atoms with van der Waals surface area (Å²) in [5.41, 5.74) is 2.50. The molecule has 0 bridgehead atoms. The number of amides is 2. The number of nitro benzene ring substituents is 1. The molecule has 0 atom stereocenters. The minimum absolute atomic E-state index is 0.0209. The van der Waals surface area contributed by atoms with Crippen LogP contribution in [-0.4, -0.2) is 47.1 Å².